The Morgan fingerprint density at radius 2 is 2.05 bits per heavy atom. The van der Waals surface area contributed by atoms with E-state index in [-0.39, 0.29) is 0 Å². The van der Waals surface area contributed by atoms with Crippen LogP contribution in [0.5, 0.6) is 0 Å². The molecule has 2 fully saturated rings. The quantitative estimate of drug-likeness (QED) is 0.877. The first kappa shape index (κ1) is 12.7. The Hall–Kier alpha value is -2.00. The molecule has 1 aromatic carbocycles. The van der Waals surface area contributed by atoms with E-state index in [0.29, 0.717) is 23.2 Å². The minimum atomic E-state index is 0.567. The highest BCUT2D eigenvalue weighted by molar-refractivity contribution is 7.99. The van der Waals surface area contributed by atoms with Crippen LogP contribution >= 0.6 is 11.8 Å². The van der Waals surface area contributed by atoms with Crippen LogP contribution < -0.4 is 5.73 Å². The molecule has 0 spiro atoms. The van der Waals surface area contributed by atoms with Crippen LogP contribution in [0.25, 0.3) is 0 Å². The van der Waals surface area contributed by atoms with Crippen molar-refractivity contribution in [3.05, 3.63) is 29.6 Å². The van der Waals surface area contributed by atoms with Gasteiger partial charge in [0.15, 0.2) is 5.16 Å². The lowest BCUT2D eigenvalue weighted by Crippen LogP contribution is -2.02. The minimum absolute atomic E-state index is 0.567. The number of hydrogen-bond acceptors (Lipinski definition) is 5. The number of hydrogen-bond donors (Lipinski definition) is 1. The Bertz CT molecular complexity index is 737. The Balaban J connectivity index is 1.67. The van der Waals surface area contributed by atoms with Gasteiger partial charge in [0.05, 0.1) is 11.6 Å². The molecule has 0 amide bonds. The number of nitrogens with two attached hydrogens (primary N) is 1. The highest BCUT2D eigenvalue weighted by atomic mass is 32.2. The maximum atomic E-state index is 8.90. The first-order valence-electron chi connectivity index (χ1n) is 7.18. The molecule has 0 saturated heterocycles. The van der Waals surface area contributed by atoms with Gasteiger partial charge in [-0.25, -0.2) is 0 Å². The molecule has 0 aliphatic heterocycles. The third-order valence-electron chi connectivity index (χ3n) is 3.89. The van der Waals surface area contributed by atoms with E-state index in [2.05, 4.69) is 20.8 Å². The summed E-state index contributed by atoms with van der Waals surface area (Å²) in [5.74, 6) is 1.75. The summed E-state index contributed by atoms with van der Waals surface area (Å²) < 4.78 is 2.31. The van der Waals surface area contributed by atoms with E-state index in [1.807, 2.05) is 6.07 Å². The van der Waals surface area contributed by atoms with Gasteiger partial charge in [-0.1, -0.05) is 0 Å². The SMILES string of the molecule is N#Cc1ccc(Sc2nnc(C3CC3)n2C2CC2)c(N)c1. The van der Waals surface area contributed by atoms with Crippen LogP contribution in [0.2, 0.25) is 0 Å². The molecule has 2 aliphatic carbocycles. The summed E-state index contributed by atoms with van der Waals surface area (Å²) in [4.78, 5) is 0.936. The number of nitrogens with zero attached hydrogens (tertiary/aromatic N) is 4. The molecule has 1 aromatic heterocycles. The van der Waals surface area contributed by atoms with Gasteiger partial charge in [0.2, 0.25) is 0 Å². The number of rotatable bonds is 4. The summed E-state index contributed by atoms with van der Waals surface area (Å²) in [5, 5.41) is 18.6. The Labute approximate surface area is 127 Å². The van der Waals surface area contributed by atoms with Gasteiger partial charge in [0.25, 0.3) is 0 Å². The van der Waals surface area contributed by atoms with Crippen molar-refractivity contribution in [2.75, 3.05) is 5.73 Å². The predicted octanol–water partition coefficient (Wildman–Crippen LogP) is 3.10. The molecule has 4 rings (SSSR count). The lowest BCUT2D eigenvalue weighted by molar-refractivity contribution is 0.627. The summed E-state index contributed by atoms with van der Waals surface area (Å²) >= 11 is 1.55. The van der Waals surface area contributed by atoms with Crippen LogP contribution in [0.15, 0.2) is 28.3 Å². The van der Waals surface area contributed by atoms with Crippen molar-refractivity contribution in [2.24, 2.45) is 0 Å². The van der Waals surface area contributed by atoms with Gasteiger partial charge in [-0.05, 0) is 55.6 Å². The van der Waals surface area contributed by atoms with Crippen molar-refractivity contribution in [1.82, 2.24) is 14.8 Å². The number of anilines is 1. The molecule has 0 unspecified atom stereocenters. The highest BCUT2D eigenvalue weighted by Gasteiger charge is 2.36. The first-order chi connectivity index (χ1) is 10.3. The molecular formula is C15H15N5S. The summed E-state index contributed by atoms with van der Waals surface area (Å²) in [7, 11) is 0. The van der Waals surface area contributed by atoms with Crippen LogP contribution in [-0.2, 0) is 0 Å². The zero-order valence-electron chi connectivity index (χ0n) is 11.5. The van der Waals surface area contributed by atoms with Crippen molar-refractivity contribution in [2.45, 2.75) is 47.7 Å². The van der Waals surface area contributed by atoms with Gasteiger partial charge in [0, 0.05) is 22.5 Å². The van der Waals surface area contributed by atoms with E-state index < -0.39 is 0 Å². The molecule has 2 aromatic rings. The van der Waals surface area contributed by atoms with Crippen molar-refractivity contribution in [3.63, 3.8) is 0 Å². The molecule has 106 valence electrons. The number of aromatic nitrogens is 3. The molecule has 0 atom stereocenters. The van der Waals surface area contributed by atoms with Gasteiger partial charge < -0.3 is 10.3 Å². The molecule has 0 radical (unpaired) electrons. The van der Waals surface area contributed by atoms with E-state index in [4.69, 9.17) is 11.0 Å². The minimum Gasteiger partial charge on any atom is -0.398 e. The Morgan fingerprint density at radius 1 is 1.24 bits per heavy atom. The summed E-state index contributed by atoms with van der Waals surface area (Å²) in [6.45, 7) is 0. The third-order valence-corrected chi connectivity index (χ3v) is 4.94. The second-order valence-corrected chi connectivity index (χ2v) is 6.69. The van der Waals surface area contributed by atoms with Crippen LogP contribution in [0.4, 0.5) is 5.69 Å². The van der Waals surface area contributed by atoms with Crippen LogP contribution in [-0.4, -0.2) is 14.8 Å². The van der Waals surface area contributed by atoms with E-state index in [0.717, 1.165) is 15.9 Å². The molecule has 21 heavy (non-hydrogen) atoms. The van der Waals surface area contributed by atoms with Crippen molar-refractivity contribution in [1.29, 1.82) is 5.26 Å². The molecule has 2 aliphatic rings. The average Bonchev–Trinajstić information content (AvgIpc) is 3.40. The fourth-order valence-corrected chi connectivity index (χ4v) is 3.40. The van der Waals surface area contributed by atoms with E-state index in [1.165, 1.54) is 25.7 Å². The van der Waals surface area contributed by atoms with Gasteiger partial charge in [0.1, 0.15) is 5.82 Å². The number of nitrogen functional groups attached to an aromatic ring is 1. The predicted molar refractivity (Wildman–Crippen MR) is 80.0 cm³/mol. The lowest BCUT2D eigenvalue weighted by Gasteiger charge is -2.09. The van der Waals surface area contributed by atoms with Crippen LogP contribution in [0.3, 0.4) is 0 Å². The van der Waals surface area contributed by atoms with E-state index >= 15 is 0 Å². The zero-order chi connectivity index (χ0) is 14.4. The van der Waals surface area contributed by atoms with Gasteiger partial charge in [-0.15, -0.1) is 10.2 Å². The standard InChI is InChI=1S/C15H15N5S/c16-8-9-1-6-13(12(17)7-9)21-15-19-18-14(10-2-3-10)20(15)11-4-5-11/h1,6-7,10-11H,2-5,17H2. The van der Waals surface area contributed by atoms with Gasteiger partial charge in [-0.2, -0.15) is 5.26 Å². The topological polar surface area (TPSA) is 80.5 Å². The van der Waals surface area contributed by atoms with Crippen molar-refractivity contribution < 1.29 is 0 Å². The summed E-state index contributed by atoms with van der Waals surface area (Å²) in [6, 6.07) is 8.06. The summed E-state index contributed by atoms with van der Waals surface area (Å²) in [6.07, 6.45) is 4.89. The molecule has 2 saturated carbocycles. The molecular weight excluding hydrogens is 282 g/mol. The Morgan fingerprint density at radius 3 is 2.67 bits per heavy atom. The van der Waals surface area contributed by atoms with E-state index in [9.17, 15) is 0 Å². The molecule has 6 heteroatoms. The molecule has 5 nitrogen and oxygen atoms in total. The fourth-order valence-electron chi connectivity index (χ4n) is 2.46. The molecule has 0 bridgehead atoms. The fraction of sp³-hybridized carbons (Fsp3) is 0.400. The van der Waals surface area contributed by atoms with Crippen LogP contribution in [0, 0.1) is 11.3 Å². The van der Waals surface area contributed by atoms with Gasteiger partial charge in [-0.3, -0.25) is 0 Å². The Kier molecular flexibility index (Phi) is 2.89. The first-order valence-corrected chi connectivity index (χ1v) is 8.00. The zero-order valence-corrected chi connectivity index (χ0v) is 12.3. The number of benzene rings is 1. The van der Waals surface area contributed by atoms with Crippen molar-refractivity contribution >= 4 is 17.4 Å². The smallest absolute Gasteiger partial charge is 0.196 e. The summed E-state index contributed by atoms with van der Waals surface area (Å²) in [5.41, 5.74) is 7.24. The van der Waals surface area contributed by atoms with Crippen molar-refractivity contribution in [3.8, 4) is 6.07 Å². The van der Waals surface area contributed by atoms with Gasteiger partial charge >= 0.3 is 0 Å². The molecule has 1 heterocycles. The maximum absolute atomic E-state index is 8.90. The number of nitriles is 1. The monoisotopic (exact) mass is 297 g/mol. The lowest BCUT2D eigenvalue weighted by atomic mass is 10.2. The second-order valence-electron chi connectivity index (χ2n) is 5.68. The molecule has 2 N–H and O–H groups in total. The average molecular weight is 297 g/mol. The largest absolute Gasteiger partial charge is 0.398 e. The van der Waals surface area contributed by atoms with E-state index in [1.54, 1.807) is 23.9 Å². The normalized spacial score (nSPS) is 17.7. The second kappa shape index (κ2) is 4.78. The van der Waals surface area contributed by atoms with Crippen LogP contribution in [0.1, 0.15) is 49.0 Å². The third kappa shape index (κ3) is 2.38. The maximum Gasteiger partial charge on any atom is 0.196 e. The highest BCUT2D eigenvalue weighted by Crippen LogP contribution is 2.47.